The van der Waals surface area contributed by atoms with Crippen LogP contribution in [-0.2, 0) is 4.74 Å². The molecule has 0 spiro atoms. The van der Waals surface area contributed by atoms with Crippen molar-refractivity contribution in [2.45, 2.75) is 0 Å². The molecule has 0 bridgehead atoms. The minimum Gasteiger partial charge on any atom is -0.437 e. The number of ether oxygens (including phenoxy) is 2. The van der Waals surface area contributed by atoms with Gasteiger partial charge in [-0.25, -0.2) is 9.78 Å². The van der Waals surface area contributed by atoms with Gasteiger partial charge in [0.15, 0.2) is 5.13 Å². The van der Waals surface area contributed by atoms with Gasteiger partial charge in [-0.05, 0) is 0 Å². The van der Waals surface area contributed by atoms with Crippen LogP contribution in [0.2, 0.25) is 0 Å². The highest BCUT2D eigenvalue weighted by atomic mass is 32.1. The van der Waals surface area contributed by atoms with Gasteiger partial charge in [0.25, 0.3) is 0 Å². The van der Waals surface area contributed by atoms with Gasteiger partial charge in [-0.15, -0.1) is 0 Å². The van der Waals surface area contributed by atoms with Gasteiger partial charge >= 0.3 is 6.16 Å². The van der Waals surface area contributed by atoms with E-state index in [1.54, 1.807) is 6.20 Å². The highest BCUT2D eigenvalue weighted by molar-refractivity contribution is 7.17. The molecule has 1 N–H and O–H groups in total. The lowest BCUT2D eigenvalue weighted by Crippen LogP contribution is -2.43. The Labute approximate surface area is 97.2 Å². The third-order valence-electron chi connectivity index (χ3n) is 2.21. The van der Waals surface area contributed by atoms with Crippen LogP contribution in [0.3, 0.4) is 0 Å². The third-order valence-corrected chi connectivity index (χ3v) is 3.15. The molecule has 1 aromatic rings. The molecule has 1 fully saturated rings. The van der Waals surface area contributed by atoms with E-state index >= 15 is 0 Å². The minimum atomic E-state index is -0.712. The molecular weight excluding hydrogens is 230 g/mol. The summed E-state index contributed by atoms with van der Waals surface area (Å²) in [6.45, 7) is 3.75. The van der Waals surface area contributed by atoms with E-state index in [0.717, 1.165) is 31.3 Å². The molecule has 1 aliphatic rings. The standard InChI is InChI=1S/C9H13N3O3S/c1-14-9(13)15-7-6-11-8(16-7)12-4-2-10-3-5-12/h6,10H,2-5H2,1H3. The highest BCUT2D eigenvalue weighted by Crippen LogP contribution is 2.28. The van der Waals surface area contributed by atoms with Crippen LogP contribution in [0.5, 0.6) is 5.06 Å². The second-order valence-electron chi connectivity index (χ2n) is 3.26. The molecule has 2 rings (SSSR count). The minimum absolute atomic E-state index is 0.459. The van der Waals surface area contributed by atoms with E-state index in [1.807, 2.05) is 0 Å². The normalized spacial score (nSPS) is 15.9. The average Bonchev–Trinajstić information content (AvgIpc) is 2.78. The number of thiazole rings is 1. The predicted molar refractivity (Wildman–Crippen MR) is 60.2 cm³/mol. The van der Waals surface area contributed by atoms with Crippen LogP contribution in [0.25, 0.3) is 0 Å². The molecule has 88 valence electrons. The molecule has 0 unspecified atom stereocenters. The van der Waals surface area contributed by atoms with Crippen molar-refractivity contribution in [3.63, 3.8) is 0 Å². The number of hydrogen-bond acceptors (Lipinski definition) is 7. The number of aromatic nitrogens is 1. The van der Waals surface area contributed by atoms with Crippen molar-refractivity contribution in [1.29, 1.82) is 0 Å². The van der Waals surface area contributed by atoms with Crippen molar-refractivity contribution in [3.05, 3.63) is 6.20 Å². The molecule has 0 saturated carbocycles. The molecule has 0 radical (unpaired) electrons. The molecule has 0 aromatic carbocycles. The van der Waals surface area contributed by atoms with Crippen molar-refractivity contribution in [2.24, 2.45) is 0 Å². The van der Waals surface area contributed by atoms with Gasteiger partial charge in [-0.3, -0.25) is 0 Å². The molecule has 0 aliphatic carbocycles. The summed E-state index contributed by atoms with van der Waals surface area (Å²) in [6, 6.07) is 0. The lowest BCUT2D eigenvalue weighted by Gasteiger charge is -2.26. The first-order valence-corrected chi connectivity index (χ1v) is 5.78. The third kappa shape index (κ3) is 2.61. The average molecular weight is 243 g/mol. The fourth-order valence-corrected chi connectivity index (χ4v) is 2.24. The van der Waals surface area contributed by atoms with Gasteiger partial charge in [-0.1, -0.05) is 11.3 Å². The maximum Gasteiger partial charge on any atom is 0.514 e. The second-order valence-corrected chi connectivity index (χ2v) is 4.23. The van der Waals surface area contributed by atoms with Crippen molar-refractivity contribution >= 4 is 22.6 Å². The number of nitrogens with zero attached hydrogens (tertiary/aromatic N) is 2. The number of rotatable bonds is 2. The van der Waals surface area contributed by atoms with Crippen molar-refractivity contribution < 1.29 is 14.3 Å². The van der Waals surface area contributed by atoms with Gasteiger partial charge < -0.3 is 19.7 Å². The van der Waals surface area contributed by atoms with Crippen LogP contribution in [0.4, 0.5) is 9.93 Å². The Morgan fingerprint density at radius 1 is 1.56 bits per heavy atom. The Balaban J connectivity index is 1.98. The summed E-state index contributed by atoms with van der Waals surface area (Å²) in [5.74, 6) is 0. The maximum absolute atomic E-state index is 10.9. The first-order valence-electron chi connectivity index (χ1n) is 4.97. The summed E-state index contributed by atoms with van der Waals surface area (Å²) >= 11 is 1.35. The van der Waals surface area contributed by atoms with Crippen LogP contribution in [-0.4, -0.2) is 44.4 Å². The molecular formula is C9H13N3O3S. The fraction of sp³-hybridized carbons (Fsp3) is 0.556. The molecule has 0 amide bonds. The molecule has 1 aromatic heterocycles. The summed E-state index contributed by atoms with van der Waals surface area (Å²) in [7, 11) is 1.28. The molecule has 0 atom stereocenters. The summed E-state index contributed by atoms with van der Waals surface area (Å²) in [5, 5.41) is 4.60. The lowest BCUT2D eigenvalue weighted by atomic mass is 10.4. The number of anilines is 1. The number of carbonyl (C=O) groups excluding carboxylic acids is 1. The van der Waals surface area contributed by atoms with E-state index in [2.05, 4.69) is 19.9 Å². The summed E-state index contributed by atoms with van der Waals surface area (Å²) in [6.07, 6.45) is 0.828. The maximum atomic E-state index is 10.9. The second kappa shape index (κ2) is 5.13. The number of hydrogen-bond donors (Lipinski definition) is 1. The number of piperazine rings is 1. The highest BCUT2D eigenvalue weighted by Gasteiger charge is 2.15. The van der Waals surface area contributed by atoms with Crippen LogP contribution >= 0.6 is 11.3 Å². The van der Waals surface area contributed by atoms with Gasteiger partial charge in [0.05, 0.1) is 13.3 Å². The smallest absolute Gasteiger partial charge is 0.437 e. The van der Waals surface area contributed by atoms with Crippen molar-refractivity contribution in [2.75, 3.05) is 38.2 Å². The Kier molecular flexibility index (Phi) is 3.58. The fourth-order valence-electron chi connectivity index (χ4n) is 1.42. The first kappa shape index (κ1) is 11.2. The van der Waals surface area contributed by atoms with Gasteiger partial charge in [0.2, 0.25) is 5.06 Å². The van der Waals surface area contributed by atoms with Crippen LogP contribution in [0, 0.1) is 0 Å². The molecule has 6 nitrogen and oxygen atoms in total. The Morgan fingerprint density at radius 2 is 2.31 bits per heavy atom. The number of carbonyl (C=O) groups is 1. The zero-order valence-corrected chi connectivity index (χ0v) is 9.75. The zero-order chi connectivity index (χ0) is 11.4. The van der Waals surface area contributed by atoms with E-state index < -0.39 is 6.16 Å². The largest absolute Gasteiger partial charge is 0.514 e. The van der Waals surface area contributed by atoms with E-state index in [9.17, 15) is 4.79 Å². The molecule has 2 heterocycles. The Bertz CT molecular complexity index is 363. The molecule has 16 heavy (non-hydrogen) atoms. The zero-order valence-electron chi connectivity index (χ0n) is 8.93. The first-order chi connectivity index (χ1) is 7.79. The summed E-state index contributed by atoms with van der Waals surface area (Å²) in [5.41, 5.74) is 0. The van der Waals surface area contributed by atoms with Crippen molar-refractivity contribution in [1.82, 2.24) is 10.3 Å². The van der Waals surface area contributed by atoms with E-state index in [-0.39, 0.29) is 0 Å². The lowest BCUT2D eigenvalue weighted by molar-refractivity contribution is 0.122. The van der Waals surface area contributed by atoms with Gasteiger partial charge in [0.1, 0.15) is 0 Å². The molecule has 1 saturated heterocycles. The SMILES string of the molecule is COC(=O)Oc1cnc(N2CCNCC2)s1. The van der Waals surface area contributed by atoms with E-state index in [4.69, 9.17) is 4.74 Å². The Hall–Kier alpha value is -1.34. The number of methoxy groups -OCH3 is 1. The molecule has 1 aliphatic heterocycles. The predicted octanol–water partition coefficient (Wildman–Crippen LogP) is 0.698. The van der Waals surface area contributed by atoms with E-state index in [1.165, 1.54) is 18.4 Å². The van der Waals surface area contributed by atoms with Crippen molar-refractivity contribution in [3.8, 4) is 5.06 Å². The molecule has 7 heteroatoms. The number of nitrogens with one attached hydrogen (secondary N) is 1. The van der Waals surface area contributed by atoms with Crippen LogP contribution < -0.4 is 15.0 Å². The van der Waals surface area contributed by atoms with Crippen LogP contribution in [0.15, 0.2) is 6.20 Å². The van der Waals surface area contributed by atoms with E-state index in [0.29, 0.717) is 5.06 Å². The summed E-state index contributed by atoms with van der Waals surface area (Å²) in [4.78, 5) is 17.2. The quantitative estimate of drug-likeness (QED) is 0.771. The monoisotopic (exact) mass is 243 g/mol. The van der Waals surface area contributed by atoms with Gasteiger partial charge in [0, 0.05) is 26.2 Å². The van der Waals surface area contributed by atoms with Gasteiger partial charge in [-0.2, -0.15) is 0 Å². The topological polar surface area (TPSA) is 63.7 Å². The van der Waals surface area contributed by atoms with Crippen LogP contribution in [0.1, 0.15) is 0 Å². The Morgan fingerprint density at radius 3 is 3.00 bits per heavy atom. The summed E-state index contributed by atoms with van der Waals surface area (Å²) < 4.78 is 9.29.